The number of nitrogens with one attached hydrogen (secondary N) is 3. The number of pyridine rings is 1. The normalized spacial score (nSPS) is 10.2. The van der Waals surface area contributed by atoms with Crippen molar-refractivity contribution in [2.75, 3.05) is 10.6 Å². The van der Waals surface area contributed by atoms with Gasteiger partial charge in [-0.2, -0.15) is 5.10 Å². The summed E-state index contributed by atoms with van der Waals surface area (Å²) in [7, 11) is 0. The van der Waals surface area contributed by atoms with Crippen LogP contribution in [0.2, 0.25) is 0 Å². The molecule has 0 unspecified atom stereocenters. The molecule has 0 atom stereocenters. The molecule has 2 heterocycles. The summed E-state index contributed by atoms with van der Waals surface area (Å²) in [4.78, 5) is 27.2. The molecule has 3 N–H and O–H groups in total. The van der Waals surface area contributed by atoms with Gasteiger partial charge in [0.15, 0.2) is 0 Å². The van der Waals surface area contributed by atoms with E-state index in [1.165, 1.54) is 6.92 Å². The third kappa shape index (κ3) is 3.64. The van der Waals surface area contributed by atoms with Gasteiger partial charge in [0, 0.05) is 36.3 Å². The topological polar surface area (TPSA) is 99.8 Å². The highest BCUT2D eigenvalue weighted by Crippen LogP contribution is 2.18. The number of anilines is 2. The van der Waals surface area contributed by atoms with E-state index in [0.29, 0.717) is 22.8 Å². The summed E-state index contributed by atoms with van der Waals surface area (Å²) in [6.45, 7) is 1.44. The van der Waals surface area contributed by atoms with Crippen molar-refractivity contribution in [2.45, 2.75) is 6.92 Å². The highest BCUT2D eigenvalue weighted by Gasteiger charge is 2.11. The van der Waals surface area contributed by atoms with E-state index in [2.05, 4.69) is 25.8 Å². The minimum absolute atomic E-state index is 0.145. The lowest BCUT2D eigenvalue weighted by Gasteiger charge is -2.05. The minimum atomic E-state index is -0.296. The number of nitrogens with zero attached hydrogens (tertiary/aromatic N) is 2. The van der Waals surface area contributed by atoms with Gasteiger partial charge in [-0.1, -0.05) is 0 Å². The molecule has 2 aromatic heterocycles. The second-order valence-electron chi connectivity index (χ2n) is 5.12. The number of amides is 2. The van der Waals surface area contributed by atoms with Gasteiger partial charge in [0.05, 0.1) is 5.69 Å². The van der Waals surface area contributed by atoms with Crippen LogP contribution >= 0.6 is 0 Å². The second kappa shape index (κ2) is 6.74. The summed E-state index contributed by atoms with van der Waals surface area (Å²) in [5, 5.41) is 12.3. The third-order valence-electron chi connectivity index (χ3n) is 3.26. The molecule has 0 saturated carbocycles. The molecule has 3 aromatic rings. The van der Waals surface area contributed by atoms with Gasteiger partial charge in [0.25, 0.3) is 5.91 Å². The predicted molar refractivity (Wildman–Crippen MR) is 90.5 cm³/mol. The van der Waals surface area contributed by atoms with Gasteiger partial charge in [0.2, 0.25) is 5.91 Å². The van der Waals surface area contributed by atoms with Crippen molar-refractivity contribution in [3.05, 3.63) is 60.6 Å². The number of carbonyl (C=O) groups is 2. The number of hydrogen-bond acceptors (Lipinski definition) is 4. The first-order valence-electron chi connectivity index (χ1n) is 7.26. The van der Waals surface area contributed by atoms with Gasteiger partial charge in [-0.15, -0.1) is 0 Å². The van der Waals surface area contributed by atoms with E-state index in [1.807, 2.05) is 12.1 Å². The fourth-order valence-electron chi connectivity index (χ4n) is 2.15. The largest absolute Gasteiger partial charge is 0.326 e. The molecule has 7 heteroatoms. The summed E-state index contributed by atoms with van der Waals surface area (Å²) in [6, 6.07) is 12.2. The van der Waals surface area contributed by atoms with E-state index in [1.54, 1.807) is 42.7 Å². The van der Waals surface area contributed by atoms with E-state index < -0.39 is 0 Å². The number of hydrogen-bond donors (Lipinski definition) is 3. The van der Waals surface area contributed by atoms with Crippen molar-refractivity contribution >= 4 is 23.2 Å². The average molecular weight is 321 g/mol. The molecule has 0 spiro atoms. The number of carbonyl (C=O) groups excluding carboxylic acids is 2. The van der Waals surface area contributed by atoms with Crippen molar-refractivity contribution in [3.8, 4) is 11.3 Å². The molecule has 120 valence electrons. The molecule has 3 rings (SSSR count). The lowest BCUT2D eigenvalue weighted by atomic mass is 10.2. The molecule has 1 aromatic carbocycles. The van der Waals surface area contributed by atoms with Crippen LogP contribution in [0.3, 0.4) is 0 Å². The fourth-order valence-corrected chi connectivity index (χ4v) is 2.15. The summed E-state index contributed by atoms with van der Waals surface area (Å²) in [6.07, 6.45) is 3.33. The molecule has 0 saturated heterocycles. The SMILES string of the molecule is CC(=O)Nc1ccc(NC(=O)c2cc(-c3ccncc3)n[nH]2)cc1. The maximum atomic E-state index is 12.3. The van der Waals surface area contributed by atoms with Crippen LogP contribution in [-0.2, 0) is 4.79 Å². The summed E-state index contributed by atoms with van der Waals surface area (Å²) >= 11 is 0. The Labute approximate surface area is 138 Å². The fraction of sp³-hybridized carbons (Fsp3) is 0.0588. The van der Waals surface area contributed by atoms with Crippen LogP contribution in [0.15, 0.2) is 54.9 Å². The number of aromatic amines is 1. The maximum absolute atomic E-state index is 12.3. The molecule has 2 amide bonds. The van der Waals surface area contributed by atoms with E-state index in [0.717, 1.165) is 5.56 Å². The van der Waals surface area contributed by atoms with Crippen molar-refractivity contribution < 1.29 is 9.59 Å². The van der Waals surface area contributed by atoms with E-state index in [-0.39, 0.29) is 11.8 Å². The van der Waals surface area contributed by atoms with Crippen LogP contribution in [0.4, 0.5) is 11.4 Å². The maximum Gasteiger partial charge on any atom is 0.273 e. The summed E-state index contributed by atoms with van der Waals surface area (Å²) < 4.78 is 0. The first-order valence-corrected chi connectivity index (χ1v) is 7.26. The Bertz CT molecular complexity index is 856. The summed E-state index contributed by atoms with van der Waals surface area (Å²) in [5.74, 6) is -0.442. The number of aromatic nitrogens is 3. The van der Waals surface area contributed by atoms with Gasteiger partial charge in [0.1, 0.15) is 5.69 Å². The van der Waals surface area contributed by atoms with Crippen molar-refractivity contribution in [2.24, 2.45) is 0 Å². The van der Waals surface area contributed by atoms with E-state index in [9.17, 15) is 9.59 Å². The predicted octanol–water partition coefficient (Wildman–Crippen LogP) is 2.68. The van der Waals surface area contributed by atoms with Crippen LogP contribution < -0.4 is 10.6 Å². The smallest absolute Gasteiger partial charge is 0.273 e. The second-order valence-corrected chi connectivity index (χ2v) is 5.12. The highest BCUT2D eigenvalue weighted by atomic mass is 16.2. The van der Waals surface area contributed by atoms with Gasteiger partial charge in [-0.05, 0) is 42.5 Å². The average Bonchev–Trinajstić information content (AvgIpc) is 3.07. The number of benzene rings is 1. The quantitative estimate of drug-likeness (QED) is 0.688. The van der Waals surface area contributed by atoms with Gasteiger partial charge in [-0.25, -0.2) is 0 Å². The zero-order chi connectivity index (χ0) is 16.9. The molecule has 0 aliphatic carbocycles. The Kier molecular flexibility index (Phi) is 4.33. The molecule has 0 bridgehead atoms. The third-order valence-corrected chi connectivity index (χ3v) is 3.26. The van der Waals surface area contributed by atoms with Crippen LogP contribution in [-0.4, -0.2) is 27.0 Å². The Balaban J connectivity index is 1.69. The number of H-pyrrole nitrogens is 1. The van der Waals surface area contributed by atoms with Crippen molar-refractivity contribution in [3.63, 3.8) is 0 Å². The Hall–Kier alpha value is -3.48. The van der Waals surface area contributed by atoms with Crippen molar-refractivity contribution in [1.82, 2.24) is 15.2 Å². The van der Waals surface area contributed by atoms with Gasteiger partial charge in [-0.3, -0.25) is 19.7 Å². The first kappa shape index (κ1) is 15.4. The lowest BCUT2D eigenvalue weighted by Crippen LogP contribution is -2.12. The monoisotopic (exact) mass is 321 g/mol. The van der Waals surface area contributed by atoms with Gasteiger partial charge < -0.3 is 10.6 Å². The van der Waals surface area contributed by atoms with Crippen LogP contribution in [0.5, 0.6) is 0 Å². The Morgan fingerprint density at radius 3 is 2.21 bits per heavy atom. The molecule has 0 aliphatic heterocycles. The zero-order valence-electron chi connectivity index (χ0n) is 12.9. The van der Waals surface area contributed by atoms with Crippen LogP contribution in [0.1, 0.15) is 17.4 Å². The van der Waals surface area contributed by atoms with Crippen LogP contribution in [0.25, 0.3) is 11.3 Å². The van der Waals surface area contributed by atoms with Crippen molar-refractivity contribution in [1.29, 1.82) is 0 Å². The minimum Gasteiger partial charge on any atom is -0.326 e. The Morgan fingerprint density at radius 2 is 1.58 bits per heavy atom. The molecule has 0 fully saturated rings. The lowest BCUT2D eigenvalue weighted by molar-refractivity contribution is -0.114. The Morgan fingerprint density at radius 1 is 0.958 bits per heavy atom. The summed E-state index contributed by atoms with van der Waals surface area (Å²) in [5.41, 5.74) is 3.19. The van der Waals surface area contributed by atoms with E-state index >= 15 is 0 Å². The first-order chi connectivity index (χ1) is 11.6. The van der Waals surface area contributed by atoms with Crippen LogP contribution in [0, 0.1) is 0 Å². The molecule has 24 heavy (non-hydrogen) atoms. The van der Waals surface area contributed by atoms with Gasteiger partial charge >= 0.3 is 0 Å². The molecular formula is C17H15N5O2. The highest BCUT2D eigenvalue weighted by molar-refractivity contribution is 6.03. The van der Waals surface area contributed by atoms with E-state index in [4.69, 9.17) is 0 Å². The molecular weight excluding hydrogens is 306 g/mol. The zero-order valence-corrected chi connectivity index (χ0v) is 12.9. The standard InChI is InChI=1S/C17H15N5O2/c1-11(23)19-13-2-4-14(5-3-13)20-17(24)16-10-15(21-22-16)12-6-8-18-9-7-12/h2-10H,1H3,(H,19,23)(H,20,24)(H,21,22). The molecule has 7 nitrogen and oxygen atoms in total. The molecule has 0 radical (unpaired) electrons. The molecule has 0 aliphatic rings. The number of rotatable bonds is 4.